The fourth-order valence-corrected chi connectivity index (χ4v) is 2.94. The zero-order valence-corrected chi connectivity index (χ0v) is 13.2. The number of nitrogens with zero attached hydrogens (tertiary/aromatic N) is 2. The Morgan fingerprint density at radius 3 is 2.81 bits per heavy atom. The lowest BCUT2D eigenvalue weighted by atomic mass is 10.2. The molecule has 0 saturated heterocycles. The number of hydrogen-bond acceptors (Lipinski definition) is 4. The van der Waals surface area contributed by atoms with Crippen molar-refractivity contribution in [2.24, 2.45) is 5.73 Å². The van der Waals surface area contributed by atoms with Gasteiger partial charge in [-0.25, -0.2) is 9.37 Å². The lowest BCUT2D eigenvalue weighted by Gasteiger charge is -2.13. The van der Waals surface area contributed by atoms with Crippen LogP contribution in [0.15, 0.2) is 21.8 Å². The summed E-state index contributed by atoms with van der Waals surface area (Å²) in [5, 5.41) is 9.06. The predicted octanol–water partition coefficient (Wildman–Crippen LogP) is 2.16. The smallest absolute Gasteiger partial charge is 0.313 e. The number of carboxylic acid groups (broad SMARTS) is 1. The van der Waals surface area contributed by atoms with E-state index in [1.165, 1.54) is 16.7 Å². The molecule has 0 spiro atoms. The van der Waals surface area contributed by atoms with Crippen LogP contribution < -0.4 is 5.73 Å². The summed E-state index contributed by atoms with van der Waals surface area (Å²) in [7, 11) is 0. The number of nitrogens with two attached hydrogens (primary N) is 1. The van der Waals surface area contributed by atoms with E-state index in [4.69, 9.17) is 10.8 Å². The SMILES string of the molecule is CC(C(N)=O)n1c(SCC(=O)O)nc2cc(Br)c(F)cc21. The third-order valence-electron chi connectivity index (χ3n) is 2.82. The molecule has 2 aromatic rings. The maximum absolute atomic E-state index is 13.7. The molecule has 21 heavy (non-hydrogen) atoms. The summed E-state index contributed by atoms with van der Waals surface area (Å²) >= 11 is 4.01. The van der Waals surface area contributed by atoms with Crippen LogP contribution in [0, 0.1) is 5.82 Å². The van der Waals surface area contributed by atoms with Crippen molar-refractivity contribution in [1.82, 2.24) is 9.55 Å². The zero-order valence-electron chi connectivity index (χ0n) is 10.8. The van der Waals surface area contributed by atoms with E-state index in [0.717, 1.165) is 11.8 Å². The lowest BCUT2D eigenvalue weighted by Crippen LogP contribution is -2.24. The number of halogens is 2. The molecule has 9 heteroatoms. The summed E-state index contributed by atoms with van der Waals surface area (Å²) in [6.45, 7) is 1.55. The third-order valence-corrected chi connectivity index (χ3v) is 4.37. The molecular formula is C12H11BrFN3O3S. The maximum atomic E-state index is 13.7. The van der Waals surface area contributed by atoms with Crippen molar-refractivity contribution in [3.63, 3.8) is 0 Å². The molecule has 0 aliphatic carbocycles. The van der Waals surface area contributed by atoms with Gasteiger partial charge in [-0.2, -0.15) is 0 Å². The number of carboxylic acids is 1. The van der Waals surface area contributed by atoms with Gasteiger partial charge in [0.25, 0.3) is 0 Å². The molecule has 0 aliphatic rings. The van der Waals surface area contributed by atoms with Gasteiger partial charge in [0.2, 0.25) is 5.91 Å². The van der Waals surface area contributed by atoms with Crippen LogP contribution >= 0.6 is 27.7 Å². The normalized spacial score (nSPS) is 12.5. The highest BCUT2D eigenvalue weighted by Gasteiger charge is 2.21. The van der Waals surface area contributed by atoms with Gasteiger partial charge in [0.05, 0.1) is 21.3 Å². The minimum atomic E-state index is -1.02. The van der Waals surface area contributed by atoms with Crippen LogP contribution in [0.25, 0.3) is 11.0 Å². The Morgan fingerprint density at radius 2 is 2.24 bits per heavy atom. The average molecular weight is 376 g/mol. The molecule has 0 saturated carbocycles. The number of imidazole rings is 1. The molecule has 1 atom stereocenters. The van der Waals surface area contributed by atoms with Gasteiger partial charge in [-0.1, -0.05) is 11.8 Å². The summed E-state index contributed by atoms with van der Waals surface area (Å²) in [5.41, 5.74) is 6.13. The van der Waals surface area contributed by atoms with E-state index in [1.54, 1.807) is 6.92 Å². The van der Waals surface area contributed by atoms with Gasteiger partial charge >= 0.3 is 5.97 Å². The molecule has 2 rings (SSSR count). The van der Waals surface area contributed by atoms with E-state index < -0.39 is 23.7 Å². The maximum Gasteiger partial charge on any atom is 0.313 e. The second kappa shape index (κ2) is 6.02. The summed E-state index contributed by atoms with van der Waals surface area (Å²) in [6.07, 6.45) is 0. The van der Waals surface area contributed by atoms with E-state index in [2.05, 4.69) is 20.9 Å². The highest BCUT2D eigenvalue weighted by Crippen LogP contribution is 2.30. The minimum Gasteiger partial charge on any atom is -0.481 e. The van der Waals surface area contributed by atoms with Crippen molar-refractivity contribution in [2.45, 2.75) is 18.1 Å². The molecule has 1 heterocycles. The first-order valence-electron chi connectivity index (χ1n) is 5.82. The molecule has 1 aromatic heterocycles. The summed E-state index contributed by atoms with van der Waals surface area (Å²) in [4.78, 5) is 26.4. The summed E-state index contributed by atoms with van der Waals surface area (Å²) < 4.78 is 15.4. The van der Waals surface area contributed by atoms with Crippen LogP contribution in [0.1, 0.15) is 13.0 Å². The Balaban J connectivity index is 2.62. The van der Waals surface area contributed by atoms with Crippen molar-refractivity contribution in [1.29, 1.82) is 0 Å². The van der Waals surface area contributed by atoms with Crippen LogP contribution in [0.3, 0.4) is 0 Å². The monoisotopic (exact) mass is 375 g/mol. The molecule has 6 nitrogen and oxygen atoms in total. The van der Waals surface area contributed by atoms with Crippen molar-refractivity contribution in [3.05, 3.63) is 22.4 Å². The lowest BCUT2D eigenvalue weighted by molar-refractivity contribution is -0.133. The summed E-state index contributed by atoms with van der Waals surface area (Å²) in [5.74, 6) is -2.36. The predicted molar refractivity (Wildman–Crippen MR) is 79.7 cm³/mol. The number of primary amides is 1. The largest absolute Gasteiger partial charge is 0.481 e. The van der Waals surface area contributed by atoms with E-state index in [9.17, 15) is 14.0 Å². The highest BCUT2D eigenvalue weighted by molar-refractivity contribution is 9.10. The van der Waals surface area contributed by atoms with Crippen molar-refractivity contribution in [2.75, 3.05) is 5.75 Å². The van der Waals surface area contributed by atoms with Gasteiger partial charge in [0.1, 0.15) is 11.9 Å². The molecule has 3 N–H and O–H groups in total. The average Bonchev–Trinajstić information content (AvgIpc) is 2.73. The van der Waals surface area contributed by atoms with E-state index in [1.807, 2.05) is 0 Å². The molecule has 1 unspecified atom stereocenters. The van der Waals surface area contributed by atoms with Crippen molar-refractivity contribution in [3.8, 4) is 0 Å². The van der Waals surface area contributed by atoms with Gasteiger partial charge in [0, 0.05) is 6.07 Å². The molecule has 1 aromatic carbocycles. The molecule has 112 valence electrons. The minimum absolute atomic E-state index is 0.224. The molecule has 1 amide bonds. The van der Waals surface area contributed by atoms with E-state index in [0.29, 0.717) is 16.2 Å². The van der Waals surface area contributed by atoms with Crippen LogP contribution in [-0.2, 0) is 9.59 Å². The molecule has 0 fully saturated rings. The number of hydrogen-bond donors (Lipinski definition) is 2. The van der Waals surface area contributed by atoms with Crippen LogP contribution in [-0.4, -0.2) is 32.3 Å². The molecular weight excluding hydrogens is 365 g/mol. The number of amides is 1. The second-order valence-corrected chi connectivity index (χ2v) is 6.08. The van der Waals surface area contributed by atoms with Crippen molar-refractivity contribution >= 4 is 50.6 Å². The topological polar surface area (TPSA) is 98.2 Å². The number of carbonyl (C=O) groups is 2. The van der Waals surface area contributed by atoms with Crippen LogP contribution in [0.5, 0.6) is 0 Å². The number of thioether (sulfide) groups is 1. The van der Waals surface area contributed by atoms with Gasteiger partial charge in [-0.15, -0.1) is 0 Å². The molecule has 0 bridgehead atoms. The first-order chi connectivity index (χ1) is 9.81. The Bertz CT molecular complexity index is 734. The second-order valence-electron chi connectivity index (χ2n) is 4.28. The Kier molecular flexibility index (Phi) is 4.52. The Labute approximate surface area is 131 Å². The number of benzene rings is 1. The highest BCUT2D eigenvalue weighted by atomic mass is 79.9. The first kappa shape index (κ1) is 15.8. The van der Waals surface area contributed by atoms with Crippen molar-refractivity contribution < 1.29 is 19.1 Å². The number of rotatable bonds is 5. The number of aliphatic carboxylic acids is 1. The number of carbonyl (C=O) groups excluding carboxylic acids is 1. The van der Waals surface area contributed by atoms with E-state index >= 15 is 0 Å². The summed E-state index contributed by atoms with van der Waals surface area (Å²) in [6, 6.07) is 1.93. The van der Waals surface area contributed by atoms with Crippen LogP contribution in [0.2, 0.25) is 0 Å². The third kappa shape index (κ3) is 3.18. The zero-order chi connectivity index (χ0) is 15.7. The van der Waals surface area contributed by atoms with Gasteiger partial charge < -0.3 is 15.4 Å². The van der Waals surface area contributed by atoms with Gasteiger partial charge in [0.15, 0.2) is 5.16 Å². The fraction of sp³-hybridized carbons (Fsp3) is 0.250. The molecule has 0 radical (unpaired) electrons. The number of fused-ring (bicyclic) bond motifs is 1. The van der Waals surface area contributed by atoms with Gasteiger partial charge in [-0.05, 0) is 28.9 Å². The fourth-order valence-electron chi connectivity index (χ4n) is 1.80. The number of aromatic nitrogens is 2. The van der Waals surface area contributed by atoms with Crippen LogP contribution in [0.4, 0.5) is 4.39 Å². The van der Waals surface area contributed by atoms with Gasteiger partial charge in [-0.3, -0.25) is 9.59 Å². The Morgan fingerprint density at radius 1 is 1.57 bits per heavy atom. The first-order valence-corrected chi connectivity index (χ1v) is 7.60. The standard InChI is InChI=1S/C12H11BrFN3O3S/c1-5(11(15)20)17-9-3-7(14)6(13)2-8(9)16-12(17)21-4-10(18)19/h2-3,5H,4H2,1H3,(H2,15,20)(H,18,19). The molecule has 0 aliphatic heterocycles. The van der Waals surface area contributed by atoms with E-state index in [-0.39, 0.29) is 10.2 Å². The Hall–Kier alpha value is -1.61. The quantitative estimate of drug-likeness (QED) is 0.780.